The van der Waals surface area contributed by atoms with Crippen LogP contribution in [0.25, 0.3) is 0 Å². The fraction of sp³-hybridized carbons (Fsp3) is 1.00. The summed E-state index contributed by atoms with van der Waals surface area (Å²) >= 11 is 0. The van der Waals surface area contributed by atoms with Crippen LogP contribution < -0.4 is 0 Å². The van der Waals surface area contributed by atoms with Crippen molar-refractivity contribution in [2.75, 3.05) is 19.8 Å². The van der Waals surface area contributed by atoms with E-state index in [4.69, 9.17) is 14.2 Å². The Kier molecular flexibility index (Phi) is 11.9. The molecule has 0 aromatic rings. The second-order valence-electron chi connectivity index (χ2n) is 4.64. The average Bonchev–Trinajstić information content (AvgIpc) is 2.39. The molecule has 0 aliphatic heterocycles. The minimum Gasteiger partial charge on any atom is -0.327 e. The van der Waals surface area contributed by atoms with Gasteiger partial charge in [0.05, 0.1) is 19.8 Å². The van der Waals surface area contributed by atoms with Crippen LogP contribution in [0, 0.1) is 0 Å². The molecule has 0 aliphatic carbocycles. The molecule has 110 valence electrons. The van der Waals surface area contributed by atoms with Crippen molar-refractivity contribution in [3.8, 4) is 0 Å². The van der Waals surface area contributed by atoms with Gasteiger partial charge in [-0.2, -0.15) is 0 Å². The summed E-state index contributed by atoms with van der Waals surface area (Å²) in [4.78, 5) is 0. The predicted molar refractivity (Wildman–Crippen MR) is 75.6 cm³/mol. The Hall–Kier alpha value is -0.120. The van der Waals surface area contributed by atoms with Crippen molar-refractivity contribution >= 4 is 0 Å². The van der Waals surface area contributed by atoms with Crippen molar-refractivity contribution in [3.63, 3.8) is 0 Å². The summed E-state index contributed by atoms with van der Waals surface area (Å²) < 4.78 is 17.6. The van der Waals surface area contributed by atoms with Crippen LogP contribution >= 0.6 is 0 Å². The first-order chi connectivity index (χ1) is 8.74. The summed E-state index contributed by atoms with van der Waals surface area (Å²) in [6.07, 6.45) is 7.28. The number of hydrogen-bond acceptors (Lipinski definition) is 3. The third-order valence-corrected chi connectivity index (χ3v) is 2.89. The molecule has 0 spiro atoms. The fourth-order valence-electron chi connectivity index (χ4n) is 1.55. The Morgan fingerprint density at radius 2 is 0.944 bits per heavy atom. The SMILES string of the molecule is CCCCOC(CC)(OCCCC)OCCCC. The summed E-state index contributed by atoms with van der Waals surface area (Å²) in [6.45, 7) is 10.7. The van der Waals surface area contributed by atoms with Gasteiger partial charge in [-0.25, -0.2) is 0 Å². The molecule has 0 amide bonds. The van der Waals surface area contributed by atoms with Crippen molar-refractivity contribution in [1.29, 1.82) is 0 Å². The minimum atomic E-state index is -0.806. The van der Waals surface area contributed by atoms with Crippen LogP contribution in [0.5, 0.6) is 0 Å². The van der Waals surface area contributed by atoms with Crippen LogP contribution in [0.2, 0.25) is 0 Å². The fourth-order valence-corrected chi connectivity index (χ4v) is 1.55. The maximum atomic E-state index is 5.87. The van der Waals surface area contributed by atoms with E-state index in [0.717, 1.165) is 44.9 Å². The van der Waals surface area contributed by atoms with Crippen molar-refractivity contribution in [3.05, 3.63) is 0 Å². The number of unbranched alkanes of at least 4 members (excludes halogenated alkanes) is 3. The van der Waals surface area contributed by atoms with E-state index in [2.05, 4.69) is 27.7 Å². The van der Waals surface area contributed by atoms with E-state index in [9.17, 15) is 0 Å². The highest BCUT2D eigenvalue weighted by Crippen LogP contribution is 2.21. The molecule has 3 heteroatoms. The lowest BCUT2D eigenvalue weighted by Gasteiger charge is -2.32. The maximum Gasteiger partial charge on any atom is 0.282 e. The molecule has 0 saturated heterocycles. The van der Waals surface area contributed by atoms with Gasteiger partial charge >= 0.3 is 0 Å². The topological polar surface area (TPSA) is 27.7 Å². The molecule has 0 unspecified atom stereocenters. The van der Waals surface area contributed by atoms with E-state index in [1.807, 2.05) is 0 Å². The molecular formula is C15H32O3. The molecule has 0 bridgehead atoms. The molecule has 0 atom stereocenters. The zero-order valence-electron chi connectivity index (χ0n) is 12.8. The third-order valence-electron chi connectivity index (χ3n) is 2.89. The Bertz CT molecular complexity index is 145. The highest BCUT2D eigenvalue weighted by Gasteiger charge is 2.30. The Morgan fingerprint density at radius 3 is 1.17 bits per heavy atom. The van der Waals surface area contributed by atoms with Gasteiger partial charge in [0.2, 0.25) is 0 Å². The smallest absolute Gasteiger partial charge is 0.282 e. The van der Waals surface area contributed by atoms with E-state index in [1.54, 1.807) is 0 Å². The van der Waals surface area contributed by atoms with Gasteiger partial charge in [0.1, 0.15) is 0 Å². The van der Waals surface area contributed by atoms with Gasteiger partial charge in [-0.15, -0.1) is 0 Å². The Balaban J connectivity index is 4.20. The number of hydrogen-bond donors (Lipinski definition) is 0. The quantitative estimate of drug-likeness (QED) is 0.360. The van der Waals surface area contributed by atoms with Gasteiger partial charge < -0.3 is 14.2 Å². The van der Waals surface area contributed by atoms with Crippen LogP contribution in [-0.4, -0.2) is 25.8 Å². The molecule has 18 heavy (non-hydrogen) atoms. The molecule has 0 fully saturated rings. The van der Waals surface area contributed by atoms with E-state index < -0.39 is 5.97 Å². The van der Waals surface area contributed by atoms with Crippen LogP contribution in [0.4, 0.5) is 0 Å². The van der Waals surface area contributed by atoms with Gasteiger partial charge in [-0.3, -0.25) is 0 Å². The zero-order chi connectivity index (χ0) is 13.7. The maximum absolute atomic E-state index is 5.87. The highest BCUT2D eigenvalue weighted by atomic mass is 16.9. The first kappa shape index (κ1) is 17.9. The van der Waals surface area contributed by atoms with E-state index in [1.165, 1.54) is 0 Å². The largest absolute Gasteiger partial charge is 0.327 e. The predicted octanol–water partition coefficient (Wildman–Crippen LogP) is 4.50. The molecular weight excluding hydrogens is 228 g/mol. The van der Waals surface area contributed by atoms with Gasteiger partial charge in [0, 0.05) is 6.42 Å². The second-order valence-corrected chi connectivity index (χ2v) is 4.64. The summed E-state index contributed by atoms with van der Waals surface area (Å²) in [7, 11) is 0. The zero-order valence-corrected chi connectivity index (χ0v) is 12.8. The average molecular weight is 260 g/mol. The van der Waals surface area contributed by atoms with Gasteiger partial charge in [0.15, 0.2) is 0 Å². The summed E-state index contributed by atoms with van der Waals surface area (Å²) in [5, 5.41) is 0. The van der Waals surface area contributed by atoms with Gasteiger partial charge in [-0.1, -0.05) is 47.0 Å². The van der Waals surface area contributed by atoms with Gasteiger partial charge in [0.25, 0.3) is 5.97 Å². The Morgan fingerprint density at radius 1 is 0.611 bits per heavy atom. The van der Waals surface area contributed by atoms with E-state index >= 15 is 0 Å². The van der Waals surface area contributed by atoms with Crippen molar-refractivity contribution in [2.45, 2.75) is 78.6 Å². The lowest BCUT2D eigenvalue weighted by Crippen LogP contribution is -2.39. The van der Waals surface area contributed by atoms with Gasteiger partial charge in [-0.05, 0) is 19.3 Å². The van der Waals surface area contributed by atoms with Crippen molar-refractivity contribution < 1.29 is 14.2 Å². The van der Waals surface area contributed by atoms with Crippen molar-refractivity contribution in [2.24, 2.45) is 0 Å². The van der Waals surface area contributed by atoms with E-state index in [0.29, 0.717) is 19.8 Å². The second kappa shape index (κ2) is 11.9. The summed E-state index contributed by atoms with van der Waals surface area (Å²) in [6, 6.07) is 0. The summed E-state index contributed by atoms with van der Waals surface area (Å²) in [5.74, 6) is -0.806. The van der Waals surface area contributed by atoms with Crippen LogP contribution in [0.3, 0.4) is 0 Å². The molecule has 0 N–H and O–H groups in total. The molecule has 0 aromatic heterocycles. The first-order valence-corrected chi connectivity index (χ1v) is 7.66. The van der Waals surface area contributed by atoms with Crippen LogP contribution in [0.15, 0.2) is 0 Å². The monoisotopic (exact) mass is 260 g/mol. The molecule has 0 rings (SSSR count). The number of ether oxygens (including phenoxy) is 3. The van der Waals surface area contributed by atoms with Crippen molar-refractivity contribution in [1.82, 2.24) is 0 Å². The molecule has 0 heterocycles. The molecule has 0 saturated carbocycles. The molecule has 0 aromatic carbocycles. The minimum absolute atomic E-state index is 0.711. The normalized spacial score (nSPS) is 12.0. The van der Waals surface area contributed by atoms with E-state index in [-0.39, 0.29) is 0 Å². The first-order valence-electron chi connectivity index (χ1n) is 7.66. The lowest BCUT2D eigenvalue weighted by atomic mass is 10.3. The molecule has 0 aliphatic rings. The standard InChI is InChI=1S/C15H32O3/c1-5-9-12-16-15(8-4,17-13-10-6-2)18-14-11-7-3/h5-14H2,1-4H3. The molecule has 3 nitrogen and oxygen atoms in total. The third kappa shape index (κ3) is 8.06. The van der Waals surface area contributed by atoms with Crippen LogP contribution in [-0.2, 0) is 14.2 Å². The van der Waals surface area contributed by atoms with Crippen LogP contribution in [0.1, 0.15) is 72.6 Å². The lowest BCUT2D eigenvalue weighted by molar-refractivity contribution is -0.382. The number of rotatable bonds is 13. The highest BCUT2D eigenvalue weighted by molar-refractivity contribution is 4.56. The molecule has 0 radical (unpaired) electrons. The summed E-state index contributed by atoms with van der Waals surface area (Å²) in [5.41, 5.74) is 0. The Labute approximate surface area is 113 Å².